The monoisotopic (exact) mass is 1040 g/mol. The van der Waals surface area contributed by atoms with Crippen molar-refractivity contribution >= 4 is 17.9 Å². The Labute approximate surface area is 462 Å². The Morgan fingerprint density at radius 2 is 0.520 bits per heavy atom. The van der Waals surface area contributed by atoms with E-state index < -0.39 is 6.10 Å². The van der Waals surface area contributed by atoms with Crippen molar-refractivity contribution in [3.8, 4) is 0 Å². The van der Waals surface area contributed by atoms with Gasteiger partial charge in [-0.25, -0.2) is 0 Å². The molecule has 0 radical (unpaired) electrons. The fourth-order valence-corrected chi connectivity index (χ4v) is 8.12. The maximum Gasteiger partial charge on any atom is 0.306 e. The number of allylic oxidation sites excluding steroid dienone is 22. The number of hydrogen-bond donors (Lipinski definition) is 0. The van der Waals surface area contributed by atoms with Crippen LogP contribution in [0.1, 0.15) is 265 Å². The third-order valence-electron chi connectivity index (χ3n) is 12.7. The molecule has 0 aromatic heterocycles. The average molecular weight is 1040 g/mol. The molecule has 1 atom stereocenters. The Hall–Kier alpha value is -4.45. The van der Waals surface area contributed by atoms with Gasteiger partial charge in [-0.2, -0.15) is 0 Å². The lowest BCUT2D eigenvalue weighted by molar-refractivity contribution is -0.167. The summed E-state index contributed by atoms with van der Waals surface area (Å²) in [6.45, 7) is 6.38. The summed E-state index contributed by atoms with van der Waals surface area (Å²) < 4.78 is 16.8. The van der Waals surface area contributed by atoms with Gasteiger partial charge in [-0.05, 0) is 116 Å². The Bertz CT molecular complexity index is 1620. The van der Waals surface area contributed by atoms with Crippen molar-refractivity contribution in [2.45, 2.75) is 271 Å². The lowest BCUT2D eigenvalue weighted by Crippen LogP contribution is -2.30. The molecule has 6 heteroatoms. The third-order valence-corrected chi connectivity index (χ3v) is 12.7. The first-order valence-electron chi connectivity index (χ1n) is 30.7. The summed E-state index contributed by atoms with van der Waals surface area (Å²) in [7, 11) is 0. The fourth-order valence-electron chi connectivity index (χ4n) is 8.12. The van der Waals surface area contributed by atoms with Crippen LogP contribution in [0.2, 0.25) is 0 Å². The van der Waals surface area contributed by atoms with Gasteiger partial charge >= 0.3 is 17.9 Å². The Morgan fingerprint density at radius 1 is 0.280 bits per heavy atom. The number of carbonyl (C=O) groups is 3. The third kappa shape index (κ3) is 60.3. The van der Waals surface area contributed by atoms with Crippen LogP contribution in [0.25, 0.3) is 0 Å². The predicted octanol–water partition coefficient (Wildman–Crippen LogP) is 21.0. The van der Waals surface area contributed by atoms with E-state index in [1.54, 1.807) is 0 Å². The minimum atomic E-state index is -0.797. The van der Waals surface area contributed by atoms with E-state index >= 15 is 0 Å². The highest BCUT2D eigenvalue weighted by Gasteiger charge is 2.19. The van der Waals surface area contributed by atoms with Crippen molar-refractivity contribution in [1.82, 2.24) is 0 Å². The fraction of sp³-hybridized carbons (Fsp3) is 0.638. The van der Waals surface area contributed by atoms with E-state index in [1.165, 1.54) is 77.0 Å². The van der Waals surface area contributed by atoms with Crippen LogP contribution in [-0.2, 0) is 28.6 Å². The van der Waals surface area contributed by atoms with Crippen molar-refractivity contribution in [2.75, 3.05) is 13.2 Å². The van der Waals surface area contributed by atoms with Crippen molar-refractivity contribution < 1.29 is 28.6 Å². The van der Waals surface area contributed by atoms with Gasteiger partial charge in [0.25, 0.3) is 0 Å². The molecule has 0 aliphatic heterocycles. The quantitative estimate of drug-likeness (QED) is 0.0261. The van der Waals surface area contributed by atoms with Crippen molar-refractivity contribution in [1.29, 1.82) is 0 Å². The lowest BCUT2D eigenvalue weighted by atomic mass is 10.1. The van der Waals surface area contributed by atoms with Crippen LogP contribution in [0.3, 0.4) is 0 Å². The van der Waals surface area contributed by atoms with E-state index in [4.69, 9.17) is 14.2 Å². The molecule has 0 saturated carbocycles. The van der Waals surface area contributed by atoms with Gasteiger partial charge in [-0.1, -0.05) is 264 Å². The number of ether oxygens (including phenoxy) is 3. The lowest BCUT2D eigenvalue weighted by Gasteiger charge is -2.18. The van der Waals surface area contributed by atoms with Gasteiger partial charge in [-0.15, -0.1) is 0 Å². The average Bonchev–Trinajstić information content (AvgIpc) is 3.41. The van der Waals surface area contributed by atoms with Crippen molar-refractivity contribution in [3.63, 3.8) is 0 Å². The molecule has 0 aromatic rings. The molecule has 424 valence electrons. The zero-order valence-corrected chi connectivity index (χ0v) is 48.5. The van der Waals surface area contributed by atoms with Gasteiger partial charge in [-0.3, -0.25) is 14.4 Å². The number of esters is 3. The molecule has 0 N–H and O–H groups in total. The van der Waals surface area contributed by atoms with E-state index in [0.717, 1.165) is 148 Å². The first kappa shape index (κ1) is 70.5. The Balaban J connectivity index is 4.36. The van der Waals surface area contributed by atoms with Gasteiger partial charge in [0.1, 0.15) is 13.2 Å². The molecule has 0 aromatic carbocycles. The largest absolute Gasteiger partial charge is 0.462 e. The summed E-state index contributed by atoms with van der Waals surface area (Å²) in [5.41, 5.74) is 0. The topological polar surface area (TPSA) is 78.9 Å². The predicted molar refractivity (Wildman–Crippen MR) is 325 cm³/mol. The first-order valence-corrected chi connectivity index (χ1v) is 30.7. The summed E-state index contributed by atoms with van der Waals surface area (Å²) in [6.07, 6.45) is 87.4. The number of rotatable bonds is 54. The van der Waals surface area contributed by atoms with Crippen LogP contribution in [0.15, 0.2) is 134 Å². The summed E-state index contributed by atoms with van der Waals surface area (Å²) >= 11 is 0. The second-order valence-electron chi connectivity index (χ2n) is 19.9. The zero-order valence-electron chi connectivity index (χ0n) is 48.5. The molecular formula is C69H112O6. The minimum Gasteiger partial charge on any atom is -0.462 e. The van der Waals surface area contributed by atoms with E-state index in [2.05, 4.69) is 154 Å². The molecule has 6 nitrogen and oxygen atoms in total. The SMILES string of the molecule is CC/C=C\C/C=C\C/C=C\C/C=C\C/C=C\C/C=C\C/C=C\C/C=C\CCCCCCC(=O)OCC(COC(=O)CCCCCCCCCCCCC)OC(=O)CCCCCCCCC/C=C\C/C=C\C/C=C\CC. The molecule has 0 fully saturated rings. The number of hydrogen-bond acceptors (Lipinski definition) is 6. The Kier molecular flexibility index (Phi) is 58.4. The molecule has 0 aliphatic carbocycles. The summed E-state index contributed by atoms with van der Waals surface area (Å²) in [5.74, 6) is -0.929. The van der Waals surface area contributed by atoms with Gasteiger partial charge in [0.15, 0.2) is 6.10 Å². The summed E-state index contributed by atoms with van der Waals surface area (Å²) in [5, 5.41) is 0. The molecule has 75 heavy (non-hydrogen) atoms. The maximum atomic E-state index is 12.9. The maximum absolute atomic E-state index is 12.9. The highest BCUT2D eigenvalue weighted by Crippen LogP contribution is 2.15. The second-order valence-corrected chi connectivity index (χ2v) is 19.9. The smallest absolute Gasteiger partial charge is 0.306 e. The van der Waals surface area contributed by atoms with Gasteiger partial charge in [0, 0.05) is 19.3 Å². The van der Waals surface area contributed by atoms with Gasteiger partial charge in [0.2, 0.25) is 0 Å². The molecule has 0 heterocycles. The van der Waals surface area contributed by atoms with Gasteiger partial charge < -0.3 is 14.2 Å². The van der Waals surface area contributed by atoms with E-state index in [1.807, 2.05) is 0 Å². The first-order chi connectivity index (χ1) is 37.0. The number of carbonyl (C=O) groups excluding carboxylic acids is 3. The summed E-state index contributed by atoms with van der Waals surface area (Å²) in [6, 6.07) is 0. The van der Waals surface area contributed by atoms with Crippen LogP contribution >= 0.6 is 0 Å². The zero-order chi connectivity index (χ0) is 54.3. The van der Waals surface area contributed by atoms with Crippen LogP contribution in [0.4, 0.5) is 0 Å². The molecule has 0 aliphatic rings. The molecule has 1 unspecified atom stereocenters. The van der Waals surface area contributed by atoms with Crippen LogP contribution in [0.5, 0.6) is 0 Å². The van der Waals surface area contributed by atoms with Crippen LogP contribution < -0.4 is 0 Å². The number of unbranched alkanes of at least 4 members (excludes halogenated alkanes) is 21. The van der Waals surface area contributed by atoms with Crippen LogP contribution in [-0.4, -0.2) is 37.2 Å². The van der Waals surface area contributed by atoms with E-state index in [0.29, 0.717) is 19.3 Å². The minimum absolute atomic E-state index is 0.0921. The Morgan fingerprint density at radius 3 is 0.813 bits per heavy atom. The van der Waals surface area contributed by atoms with Crippen molar-refractivity contribution in [2.24, 2.45) is 0 Å². The van der Waals surface area contributed by atoms with E-state index in [-0.39, 0.29) is 31.1 Å². The molecule has 0 amide bonds. The highest BCUT2D eigenvalue weighted by atomic mass is 16.6. The standard InChI is InChI=1S/C69H112O6/c1-4-7-10-13-16-19-22-24-26-28-29-30-31-32-33-34-35-36-37-38-39-41-42-44-47-50-53-56-59-62-68(71)74-65-66(64-73-67(70)61-58-55-52-49-46-21-18-15-12-9-6-3)75-69(72)63-60-57-54-51-48-45-43-40-27-25-23-20-17-14-11-8-5-2/h7-8,10-11,16-17,19-20,24-27,29-30,32-33,35-36,38-39,42,44,66H,4-6,9,12-15,18,21-23,28,31,34,37,40-41,43,45-65H2,1-3H3/b10-7-,11-8-,19-16-,20-17-,26-24-,27-25-,30-29-,33-32-,36-35-,39-38-,44-42-. The van der Waals surface area contributed by atoms with Crippen molar-refractivity contribution in [3.05, 3.63) is 134 Å². The van der Waals surface area contributed by atoms with Gasteiger partial charge in [0.05, 0.1) is 0 Å². The molecular weight excluding hydrogens is 925 g/mol. The normalized spacial score (nSPS) is 13.1. The highest BCUT2D eigenvalue weighted by molar-refractivity contribution is 5.71. The molecule has 0 bridgehead atoms. The summed E-state index contributed by atoms with van der Waals surface area (Å²) in [4.78, 5) is 38.2. The van der Waals surface area contributed by atoms with Crippen LogP contribution in [0, 0.1) is 0 Å². The van der Waals surface area contributed by atoms with E-state index in [9.17, 15) is 14.4 Å². The second kappa shape index (κ2) is 62.1. The molecule has 0 rings (SSSR count). The molecule has 0 saturated heterocycles. The molecule has 0 spiro atoms.